The number of aliphatic hydroxyl groups is 1. The number of aliphatic hydroxyl groups excluding tert-OH is 1. The molecule has 0 heterocycles. The summed E-state index contributed by atoms with van der Waals surface area (Å²) in [5.74, 6) is 1.39. The Hall–Kier alpha value is -1.30. The fourth-order valence-corrected chi connectivity index (χ4v) is 2.59. The van der Waals surface area contributed by atoms with E-state index in [0.29, 0.717) is 30.2 Å². The van der Waals surface area contributed by atoms with Gasteiger partial charge in [0.15, 0.2) is 0 Å². The van der Waals surface area contributed by atoms with Crippen molar-refractivity contribution in [3.05, 3.63) is 23.8 Å². The number of benzene rings is 1. The standard InChI is InChI=1S/C16H25NO4/c1-4-21-13-7-11(8-13)17-10-15(18)14-9-12(19-2)5-6-16(14)20-3/h5-6,9,11,13,15,17-18H,4,7-8,10H2,1-3H3. The summed E-state index contributed by atoms with van der Waals surface area (Å²) in [6.07, 6.45) is 1.77. The van der Waals surface area contributed by atoms with Crippen molar-refractivity contribution in [2.24, 2.45) is 0 Å². The molecular formula is C16H25NO4. The minimum atomic E-state index is -0.624. The molecule has 0 aromatic heterocycles. The van der Waals surface area contributed by atoms with Crippen LogP contribution in [0.15, 0.2) is 18.2 Å². The Labute approximate surface area is 126 Å². The SMILES string of the molecule is CCOC1CC(NCC(O)c2cc(OC)ccc2OC)C1. The minimum Gasteiger partial charge on any atom is -0.497 e. The topological polar surface area (TPSA) is 60.0 Å². The van der Waals surface area contributed by atoms with Gasteiger partial charge in [0.1, 0.15) is 11.5 Å². The zero-order chi connectivity index (χ0) is 15.2. The first-order chi connectivity index (χ1) is 10.2. The lowest BCUT2D eigenvalue weighted by Gasteiger charge is -2.36. The van der Waals surface area contributed by atoms with Gasteiger partial charge in [0.25, 0.3) is 0 Å². The summed E-state index contributed by atoms with van der Waals surface area (Å²) in [5, 5.41) is 13.7. The lowest BCUT2D eigenvalue weighted by Crippen LogP contribution is -2.46. The summed E-state index contributed by atoms with van der Waals surface area (Å²) in [4.78, 5) is 0. The van der Waals surface area contributed by atoms with Gasteiger partial charge in [0, 0.05) is 24.8 Å². The van der Waals surface area contributed by atoms with Crippen LogP contribution in [0, 0.1) is 0 Å². The van der Waals surface area contributed by atoms with E-state index in [0.717, 1.165) is 25.0 Å². The maximum absolute atomic E-state index is 10.4. The van der Waals surface area contributed by atoms with Crippen molar-refractivity contribution >= 4 is 0 Å². The van der Waals surface area contributed by atoms with Gasteiger partial charge in [-0.05, 0) is 38.0 Å². The van der Waals surface area contributed by atoms with E-state index < -0.39 is 6.10 Å². The highest BCUT2D eigenvalue weighted by atomic mass is 16.5. The van der Waals surface area contributed by atoms with Crippen LogP contribution in [0.1, 0.15) is 31.4 Å². The average Bonchev–Trinajstić information content (AvgIpc) is 2.48. The van der Waals surface area contributed by atoms with E-state index >= 15 is 0 Å². The van der Waals surface area contributed by atoms with Gasteiger partial charge in [0.2, 0.25) is 0 Å². The Morgan fingerprint density at radius 1 is 1.29 bits per heavy atom. The molecule has 1 aromatic rings. The predicted octanol–water partition coefficient (Wildman–Crippen LogP) is 1.89. The van der Waals surface area contributed by atoms with Gasteiger partial charge < -0.3 is 24.6 Å². The molecule has 5 nitrogen and oxygen atoms in total. The molecule has 1 fully saturated rings. The third-order valence-corrected chi connectivity index (χ3v) is 3.89. The molecule has 1 saturated carbocycles. The molecule has 0 bridgehead atoms. The molecule has 1 aliphatic carbocycles. The van der Waals surface area contributed by atoms with Gasteiger partial charge in [0.05, 0.1) is 26.4 Å². The number of nitrogens with one attached hydrogen (secondary N) is 1. The molecule has 0 radical (unpaired) electrons. The van der Waals surface area contributed by atoms with Crippen LogP contribution in [0.2, 0.25) is 0 Å². The monoisotopic (exact) mass is 295 g/mol. The number of ether oxygens (including phenoxy) is 3. The Balaban J connectivity index is 1.87. The highest BCUT2D eigenvalue weighted by molar-refractivity contribution is 5.41. The van der Waals surface area contributed by atoms with Crippen LogP contribution >= 0.6 is 0 Å². The van der Waals surface area contributed by atoms with E-state index in [9.17, 15) is 5.11 Å². The Bertz CT molecular complexity index is 446. The van der Waals surface area contributed by atoms with E-state index in [1.165, 1.54) is 0 Å². The number of rotatable bonds is 8. The molecule has 1 aromatic carbocycles. The van der Waals surface area contributed by atoms with Crippen molar-refractivity contribution < 1.29 is 19.3 Å². The highest BCUT2D eigenvalue weighted by Gasteiger charge is 2.29. The summed E-state index contributed by atoms with van der Waals surface area (Å²) in [7, 11) is 3.21. The number of methoxy groups -OCH3 is 2. The summed E-state index contributed by atoms with van der Waals surface area (Å²) < 4.78 is 16.0. The Morgan fingerprint density at radius 2 is 2.05 bits per heavy atom. The first-order valence-electron chi connectivity index (χ1n) is 7.42. The molecule has 0 spiro atoms. The first kappa shape index (κ1) is 16.1. The lowest BCUT2D eigenvalue weighted by molar-refractivity contribution is -0.0124. The van der Waals surface area contributed by atoms with Crippen molar-refractivity contribution in [1.82, 2.24) is 5.32 Å². The van der Waals surface area contributed by atoms with Gasteiger partial charge in [-0.15, -0.1) is 0 Å². The first-order valence-corrected chi connectivity index (χ1v) is 7.42. The molecule has 1 atom stereocenters. The van der Waals surface area contributed by atoms with E-state index in [1.54, 1.807) is 14.2 Å². The molecule has 2 N–H and O–H groups in total. The molecule has 118 valence electrons. The second-order valence-electron chi connectivity index (χ2n) is 5.28. The van der Waals surface area contributed by atoms with Gasteiger partial charge in [-0.2, -0.15) is 0 Å². The highest BCUT2D eigenvalue weighted by Crippen LogP contribution is 2.30. The van der Waals surface area contributed by atoms with Gasteiger partial charge in [-0.25, -0.2) is 0 Å². The summed E-state index contributed by atoms with van der Waals surface area (Å²) in [6.45, 7) is 3.27. The maximum Gasteiger partial charge on any atom is 0.124 e. The normalized spacial score (nSPS) is 22.5. The molecular weight excluding hydrogens is 270 g/mol. The van der Waals surface area contributed by atoms with Crippen molar-refractivity contribution in [3.63, 3.8) is 0 Å². The fraction of sp³-hybridized carbons (Fsp3) is 0.625. The van der Waals surface area contributed by atoms with Crippen LogP contribution in [-0.4, -0.2) is 44.6 Å². The van der Waals surface area contributed by atoms with Crippen LogP contribution < -0.4 is 14.8 Å². The van der Waals surface area contributed by atoms with Crippen LogP contribution in [0.4, 0.5) is 0 Å². The average molecular weight is 295 g/mol. The van der Waals surface area contributed by atoms with E-state index in [-0.39, 0.29) is 0 Å². The molecule has 0 amide bonds. The summed E-state index contributed by atoms with van der Waals surface area (Å²) in [6, 6.07) is 5.87. The van der Waals surface area contributed by atoms with Gasteiger partial charge in [-0.3, -0.25) is 0 Å². The zero-order valence-electron chi connectivity index (χ0n) is 13.0. The van der Waals surface area contributed by atoms with Crippen LogP contribution in [0.5, 0.6) is 11.5 Å². The van der Waals surface area contributed by atoms with Crippen molar-refractivity contribution in [1.29, 1.82) is 0 Å². The quantitative estimate of drug-likeness (QED) is 0.767. The molecule has 5 heteroatoms. The van der Waals surface area contributed by atoms with Crippen molar-refractivity contribution in [2.75, 3.05) is 27.4 Å². The second-order valence-corrected chi connectivity index (χ2v) is 5.28. The van der Waals surface area contributed by atoms with Gasteiger partial charge in [-0.1, -0.05) is 0 Å². The molecule has 0 aliphatic heterocycles. The van der Waals surface area contributed by atoms with Crippen LogP contribution in [-0.2, 0) is 4.74 Å². The lowest BCUT2D eigenvalue weighted by atomic mass is 9.89. The molecule has 1 unspecified atom stereocenters. The fourth-order valence-electron chi connectivity index (χ4n) is 2.59. The van der Waals surface area contributed by atoms with E-state index in [1.807, 2.05) is 25.1 Å². The van der Waals surface area contributed by atoms with E-state index in [2.05, 4.69) is 5.32 Å². The predicted molar refractivity (Wildman–Crippen MR) is 80.9 cm³/mol. The van der Waals surface area contributed by atoms with Crippen molar-refractivity contribution in [3.8, 4) is 11.5 Å². The van der Waals surface area contributed by atoms with Crippen molar-refractivity contribution in [2.45, 2.75) is 38.0 Å². The molecule has 2 rings (SSSR count). The number of hydrogen-bond acceptors (Lipinski definition) is 5. The maximum atomic E-state index is 10.4. The van der Waals surface area contributed by atoms with E-state index in [4.69, 9.17) is 14.2 Å². The third kappa shape index (κ3) is 4.09. The largest absolute Gasteiger partial charge is 0.497 e. The molecule has 1 aliphatic rings. The zero-order valence-corrected chi connectivity index (χ0v) is 13.0. The third-order valence-electron chi connectivity index (χ3n) is 3.89. The Morgan fingerprint density at radius 3 is 2.67 bits per heavy atom. The summed E-state index contributed by atoms with van der Waals surface area (Å²) in [5.41, 5.74) is 0.741. The summed E-state index contributed by atoms with van der Waals surface area (Å²) >= 11 is 0. The molecule has 0 saturated heterocycles. The molecule has 21 heavy (non-hydrogen) atoms. The Kier molecular flexibility index (Phi) is 5.85. The smallest absolute Gasteiger partial charge is 0.124 e. The van der Waals surface area contributed by atoms with Crippen LogP contribution in [0.3, 0.4) is 0 Å². The number of hydrogen-bond donors (Lipinski definition) is 2. The minimum absolute atomic E-state index is 0.371. The van der Waals surface area contributed by atoms with Crippen LogP contribution in [0.25, 0.3) is 0 Å². The second kappa shape index (κ2) is 7.64. The van der Waals surface area contributed by atoms with Gasteiger partial charge >= 0.3 is 0 Å².